The van der Waals surface area contributed by atoms with Crippen LogP contribution in [0.1, 0.15) is 18.2 Å². The molecule has 2 rings (SSSR count). The molecule has 1 aromatic rings. The van der Waals surface area contributed by atoms with Crippen molar-refractivity contribution in [2.24, 2.45) is 0 Å². The van der Waals surface area contributed by atoms with Crippen molar-refractivity contribution >= 4 is 0 Å². The average Bonchev–Trinajstić information content (AvgIpc) is 2.56. The van der Waals surface area contributed by atoms with Gasteiger partial charge in [0.05, 0.1) is 6.23 Å². The minimum atomic E-state index is -0.330. The molecule has 7 heteroatoms. The Bertz CT molecular complexity index is 397. The van der Waals surface area contributed by atoms with E-state index in [1.165, 1.54) is 4.57 Å². The van der Waals surface area contributed by atoms with Crippen molar-refractivity contribution in [2.45, 2.75) is 25.7 Å². The van der Waals surface area contributed by atoms with Gasteiger partial charge in [-0.1, -0.05) is 19.3 Å². The zero-order chi connectivity index (χ0) is 10.1. The van der Waals surface area contributed by atoms with Crippen LogP contribution >= 0.6 is 0 Å². The number of nitrogens with zero attached hydrogens (tertiary/aromatic N) is 2. The Morgan fingerprint density at radius 1 is 1.59 bits per heavy atom. The first-order valence-electron chi connectivity index (χ1n) is 4.46. The molecule has 0 N–H and O–H groups in total. The molecule has 0 bridgehead atoms. The van der Waals surface area contributed by atoms with Gasteiger partial charge in [0.25, 0.3) is 0 Å². The van der Waals surface area contributed by atoms with Gasteiger partial charge in [-0.05, 0) is 0 Å². The van der Waals surface area contributed by atoms with Crippen LogP contribution in [0.25, 0.3) is 0 Å². The summed E-state index contributed by atoms with van der Waals surface area (Å²) in [5, 5.41) is 0. The van der Waals surface area contributed by atoms with Crippen LogP contribution in [0, 0.1) is 26.5 Å². The molecular formula is C10H11N2O2Y3-3. The molecule has 0 amide bonds. The van der Waals surface area contributed by atoms with Gasteiger partial charge in [0.1, 0.15) is 0 Å². The summed E-state index contributed by atoms with van der Waals surface area (Å²) in [5.41, 5.74) is 0.490. The molecule has 0 spiro atoms. The normalized spacial score (nSPS) is 22.0. The molecule has 3 radical (unpaired) electrons. The Labute approximate surface area is 177 Å². The first-order valence-corrected chi connectivity index (χ1v) is 4.46. The molecule has 1 aliphatic rings. The standard InChI is InChI=1S/C10H11N2O2.3Y/c1-7-5-11-10(13)12(6-7)9-4-3-8(2)14-9;;;/h3,6,8-9H,2,4H2,1H3;;;/q-3;;;/t8-,9-;;;/m1.../s1. The Hall–Kier alpha value is 2.15. The summed E-state index contributed by atoms with van der Waals surface area (Å²) in [4.78, 5) is 15.0. The predicted molar refractivity (Wildman–Crippen MR) is 50.3 cm³/mol. The molecule has 17 heavy (non-hydrogen) atoms. The van der Waals surface area contributed by atoms with Crippen LogP contribution in [0.4, 0.5) is 0 Å². The summed E-state index contributed by atoms with van der Waals surface area (Å²) in [6.45, 7) is 5.58. The average molecular weight is 458 g/mol. The fraction of sp³-hybridized carbons (Fsp3) is 0.400. The van der Waals surface area contributed by atoms with E-state index in [0.29, 0.717) is 6.42 Å². The van der Waals surface area contributed by atoms with E-state index in [1.807, 2.05) is 13.3 Å². The van der Waals surface area contributed by atoms with Gasteiger partial charge in [0.2, 0.25) is 5.69 Å². The molecule has 1 fully saturated rings. The quantitative estimate of drug-likeness (QED) is 0.582. The van der Waals surface area contributed by atoms with Crippen LogP contribution in [0.2, 0.25) is 0 Å². The molecular weight excluding hydrogens is 447 g/mol. The van der Waals surface area contributed by atoms with Crippen molar-refractivity contribution in [2.75, 3.05) is 0 Å². The maximum absolute atomic E-state index is 11.4. The predicted octanol–water partition coefficient (Wildman–Crippen LogP) is 0.670. The zero-order valence-corrected chi connectivity index (χ0v) is 18.2. The third kappa shape index (κ3) is 5.98. The van der Waals surface area contributed by atoms with Crippen LogP contribution in [-0.4, -0.2) is 15.7 Å². The van der Waals surface area contributed by atoms with E-state index in [0.717, 1.165) is 5.56 Å². The molecule has 0 aliphatic carbocycles. The summed E-state index contributed by atoms with van der Waals surface area (Å²) in [6.07, 6.45) is 6.54. The molecule has 4 nitrogen and oxygen atoms in total. The molecule has 2 heterocycles. The van der Waals surface area contributed by atoms with Gasteiger partial charge in [-0.3, -0.25) is 0 Å². The number of rotatable bonds is 1. The summed E-state index contributed by atoms with van der Waals surface area (Å²) >= 11 is 0. The second kappa shape index (κ2) is 9.96. The smallest absolute Gasteiger partial charge is 0.231 e. The van der Waals surface area contributed by atoms with Crippen molar-refractivity contribution in [3.05, 3.63) is 41.8 Å². The monoisotopic (exact) mass is 458 g/mol. The van der Waals surface area contributed by atoms with Crippen molar-refractivity contribution < 1.29 is 103 Å². The molecule has 0 unspecified atom stereocenters. The number of aromatic nitrogens is 2. The van der Waals surface area contributed by atoms with E-state index in [9.17, 15) is 4.79 Å². The van der Waals surface area contributed by atoms with Gasteiger partial charge in [0, 0.05) is 98.1 Å². The number of hydrogen-bond donors (Lipinski definition) is 0. The van der Waals surface area contributed by atoms with Gasteiger partial charge in [-0.25, -0.2) is 0 Å². The summed E-state index contributed by atoms with van der Waals surface area (Å²) < 4.78 is 6.91. The van der Waals surface area contributed by atoms with Gasteiger partial charge in [-0.2, -0.15) is 6.10 Å². The summed E-state index contributed by atoms with van der Waals surface area (Å²) in [5.74, 6) is 0. The largest absolute Gasteiger partial charge is 0.422 e. The summed E-state index contributed by atoms with van der Waals surface area (Å²) in [6, 6.07) is 0. The maximum Gasteiger partial charge on any atom is 0.231 e. The minimum Gasteiger partial charge on any atom is -0.422 e. The fourth-order valence-corrected chi connectivity index (χ4v) is 1.45. The van der Waals surface area contributed by atoms with Crippen molar-refractivity contribution in [1.29, 1.82) is 0 Å². The van der Waals surface area contributed by atoms with E-state index in [-0.39, 0.29) is 116 Å². The maximum atomic E-state index is 11.4. The third-order valence-corrected chi connectivity index (χ3v) is 2.12. The molecule has 85 valence electrons. The Kier molecular flexibility index (Phi) is 12.6. The molecule has 1 saturated heterocycles. The van der Waals surface area contributed by atoms with Crippen molar-refractivity contribution in [3.63, 3.8) is 0 Å². The number of ether oxygens (including phenoxy) is 1. The van der Waals surface area contributed by atoms with Crippen LogP contribution < -0.4 is 5.69 Å². The van der Waals surface area contributed by atoms with E-state index in [4.69, 9.17) is 4.74 Å². The first-order chi connectivity index (χ1) is 6.66. The SMILES string of the molecule is [CH2-][C@@H]1[CH-]C[C@H](n2cc(C)[c-]nc2=O)O1.[Y].[Y].[Y]. The van der Waals surface area contributed by atoms with Gasteiger partial charge >= 0.3 is 0 Å². The Morgan fingerprint density at radius 3 is 2.76 bits per heavy atom. The topological polar surface area (TPSA) is 44.1 Å². The molecule has 0 aromatic carbocycles. The van der Waals surface area contributed by atoms with E-state index in [2.05, 4.69) is 18.1 Å². The summed E-state index contributed by atoms with van der Waals surface area (Å²) in [7, 11) is 0. The minimum absolute atomic E-state index is 0. The molecule has 0 saturated carbocycles. The van der Waals surface area contributed by atoms with Crippen LogP contribution in [0.5, 0.6) is 0 Å². The Balaban J connectivity index is 0. The second-order valence-electron chi connectivity index (χ2n) is 3.33. The van der Waals surface area contributed by atoms with Crippen LogP contribution in [0.15, 0.2) is 11.0 Å². The molecule has 1 aromatic heterocycles. The Morgan fingerprint density at radius 2 is 2.24 bits per heavy atom. The zero-order valence-electron chi connectivity index (χ0n) is 9.67. The molecule has 1 aliphatic heterocycles. The first kappa shape index (κ1) is 21.5. The van der Waals surface area contributed by atoms with Crippen LogP contribution in [0.3, 0.4) is 0 Å². The number of aryl methyl sites for hydroxylation is 1. The second-order valence-corrected chi connectivity index (χ2v) is 3.33. The van der Waals surface area contributed by atoms with E-state index >= 15 is 0 Å². The van der Waals surface area contributed by atoms with Gasteiger partial charge in [-0.15, -0.1) is 12.0 Å². The van der Waals surface area contributed by atoms with E-state index < -0.39 is 0 Å². The van der Waals surface area contributed by atoms with E-state index in [1.54, 1.807) is 6.20 Å². The van der Waals surface area contributed by atoms with Crippen molar-refractivity contribution in [1.82, 2.24) is 9.55 Å². The van der Waals surface area contributed by atoms with Crippen molar-refractivity contribution in [3.8, 4) is 0 Å². The van der Waals surface area contributed by atoms with Gasteiger partial charge < -0.3 is 32.4 Å². The third-order valence-electron chi connectivity index (χ3n) is 2.12. The van der Waals surface area contributed by atoms with Crippen LogP contribution in [-0.2, 0) is 103 Å². The fourth-order valence-electron chi connectivity index (χ4n) is 1.45. The molecule has 2 atom stereocenters. The van der Waals surface area contributed by atoms with Gasteiger partial charge in [0.15, 0.2) is 0 Å². The number of hydrogen-bond acceptors (Lipinski definition) is 3.